The number of aromatic nitrogens is 1. The molecular weight excluding hydrogens is 264 g/mol. The van der Waals surface area contributed by atoms with E-state index in [2.05, 4.69) is 34.1 Å². The van der Waals surface area contributed by atoms with Crippen LogP contribution in [-0.2, 0) is 0 Å². The van der Waals surface area contributed by atoms with Crippen molar-refractivity contribution in [1.29, 1.82) is 0 Å². The Morgan fingerprint density at radius 2 is 2.14 bits per heavy atom. The van der Waals surface area contributed by atoms with E-state index in [-0.39, 0.29) is 5.56 Å². The number of H-pyrrole nitrogens is 1. The highest BCUT2D eigenvalue weighted by atomic mass is 16.1. The molecule has 114 valence electrons. The second-order valence-electron chi connectivity index (χ2n) is 5.09. The summed E-state index contributed by atoms with van der Waals surface area (Å²) in [5.74, 6) is 0.691. The Bertz CT molecular complexity index is 599. The van der Waals surface area contributed by atoms with Gasteiger partial charge in [0.2, 0.25) is 0 Å². The van der Waals surface area contributed by atoms with Crippen molar-refractivity contribution < 1.29 is 0 Å². The van der Waals surface area contributed by atoms with Crippen molar-refractivity contribution in [3.05, 3.63) is 46.8 Å². The third kappa shape index (κ3) is 6.23. The molecular formula is C16H24N4O. The zero-order valence-electron chi connectivity index (χ0n) is 13.2. The minimum absolute atomic E-state index is 0.208. The van der Waals surface area contributed by atoms with Gasteiger partial charge >= 0.3 is 0 Å². The topological polar surface area (TPSA) is 69.3 Å². The molecule has 0 saturated heterocycles. The summed E-state index contributed by atoms with van der Waals surface area (Å²) in [5, 5.41) is 6.28. The zero-order valence-corrected chi connectivity index (χ0v) is 13.2. The fraction of sp³-hybridized carbons (Fsp3) is 0.375. The number of rotatable bonds is 7. The van der Waals surface area contributed by atoms with Crippen LogP contribution in [0.3, 0.4) is 0 Å². The standard InChI is InChI=1S/C16H24N4O/c1-11(2)6-7-12(3)19-14-8-9-15(20-16(14)21)18-10-13(4)17-5/h6-9,13,17H,1,10H2,2-5H3,(H2,18,20,21)/b7-6-,19-12?. The molecule has 1 unspecified atom stereocenters. The third-order valence-corrected chi connectivity index (χ3v) is 2.89. The fourth-order valence-corrected chi connectivity index (χ4v) is 1.51. The molecule has 1 atom stereocenters. The molecule has 5 heteroatoms. The van der Waals surface area contributed by atoms with Gasteiger partial charge in [-0.1, -0.05) is 18.2 Å². The maximum atomic E-state index is 12.0. The molecule has 1 aromatic rings. The number of hydrogen-bond donors (Lipinski definition) is 3. The molecule has 0 aromatic carbocycles. The number of nitrogens with one attached hydrogen (secondary N) is 3. The fourth-order valence-electron chi connectivity index (χ4n) is 1.51. The highest BCUT2D eigenvalue weighted by Gasteiger charge is 2.02. The lowest BCUT2D eigenvalue weighted by Crippen LogP contribution is -2.29. The summed E-state index contributed by atoms with van der Waals surface area (Å²) in [6.07, 6.45) is 3.70. The number of aromatic amines is 1. The first kappa shape index (κ1) is 16.9. The summed E-state index contributed by atoms with van der Waals surface area (Å²) in [5.41, 5.74) is 1.89. The zero-order chi connectivity index (χ0) is 15.8. The van der Waals surface area contributed by atoms with Crippen molar-refractivity contribution in [2.45, 2.75) is 26.8 Å². The summed E-state index contributed by atoms with van der Waals surface area (Å²) >= 11 is 0. The summed E-state index contributed by atoms with van der Waals surface area (Å²) in [6.45, 7) is 10.3. The quantitative estimate of drug-likeness (QED) is 0.533. The van der Waals surface area contributed by atoms with Gasteiger partial charge in [-0.2, -0.15) is 0 Å². The van der Waals surface area contributed by atoms with E-state index in [1.165, 1.54) is 0 Å². The molecule has 3 N–H and O–H groups in total. The van der Waals surface area contributed by atoms with Crippen LogP contribution >= 0.6 is 0 Å². The molecule has 1 aromatic heterocycles. The minimum Gasteiger partial charge on any atom is -0.370 e. The number of likely N-dealkylation sites (N-methyl/N-ethyl adjacent to an activating group) is 1. The monoisotopic (exact) mass is 288 g/mol. The van der Waals surface area contributed by atoms with E-state index in [9.17, 15) is 4.79 Å². The molecule has 0 radical (unpaired) electrons. The Balaban J connectivity index is 2.81. The summed E-state index contributed by atoms with van der Waals surface area (Å²) in [7, 11) is 1.90. The van der Waals surface area contributed by atoms with E-state index in [1.807, 2.05) is 39.1 Å². The van der Waals surface area contributed by atoms with Crippen LogP contribution in [0.5, 0.6) is 0 Å². The SMILES string of the molecule is C=C(C)/C=C\C(C)=Nc1ccc(NCC(C)NC)[nH]c1=O. The van der Waals surface area contributed by atoms with Crippen LogP contribution in [0.1, 0.15) is 20.8 Å². The van der Waals surface area contributed by atoms with Crippen molar-refractivity contribution in [1.82, 2.24) is 10.3 Å². The predicted octanol–water partition coefficient (Wildman–Crippen LogP) is 2.62. The average molecular weight is 288 g/mol. The molecule has 0 saturated carbocycles. The second kappa shape index (κ2) is 8.21. The molecule has 1 rings (SSSR count). The molecule has 0 aliphatic carbocycles. The van der Waals surface area contributed by atoms with Crippen molar-refractivity contribution >= 4 is 17.2 Å². The van der Waals surface area contributed by atoms with Crippen LogP contribution in [0.25, 0.3) is 0 Å². The Labute approximate surface area is 125 Å². The van der Waals surface area contributed by atoms with Crippen LogP contribution in [-0.4, -0.2) is 30.3 Å². The summed E-state index contributed by atoms with van der Waals surface area (Å²) < 4.78 is 0. The molecule has 0 bridgehead atoms. The first-order valence-corrected chi connectivity index (χ1v) is 6.95. The van der Waals surface area contributed by atoms with Gasteiger partial charge in [0.15, 0.2) is 0 Å². The summed E-state index contributed by atoms with van der Waals surface area (Å²) in [4.78, 5) is 19.0. The van der Waals surface area contributed by atoms with Gasteiger partial charge in [-0.3, -0.25) is 4.79 Å². The van der Waals surface area contributed by atoms with Crippen molar-refractivity contribution in [3.63, 3.8) is 0 Å². The molecule has 0 amide bonds. The third-order valence-electron chi connectivity index (χ3n) is 2.89. The number of allylic oxidation sites excluding steroid dienone is 3. The predicted molar refractivity (Wildman–Crippen MR) is 90.8 cm³/mol. The lowest BCUT2D eigenvalue weighted by molar-refractivity contribution is 0.637. The molecule has 0 spiro atoms. The smallest absolute Gasteiger partial charge is 0.275 e. The largest absolute Gasteiger partial charge is 0.370 e. The van der Waals surface area contributed by atoms with Crippen LogP contribution in [0.15, 0.2) is 46.2 Å². The Morgan fingerprint density at radius 3 is 2.71 bits per heavy atom. The van der Waals surface area contributed by atoms with E-state index < -0.39 is 0 Å². The molecule has 0 fully saturated rings. The Kier molecular flexibility index (Phi) is 6.62. The molecule has 5 nitrogen and oxygen atoms in total. The lowest BCUT2D eigenvalue weighted by Gasteiger charge is -2.12. The number of nitrogens with zero attached hydrogens (tertiary/aromatic N) is 1. The van der Waals surface area contributed by atoms with Crippen molar-refractivity contribution in [3.8, 4) is 0 Å². The van der Waals surface area contributed by atoms with Crippen LogP contribution < -0.4 is 16.2 Å². The van der Waals surface area contributed by atoms with Gasteiger partial charge in [0.25, 0.3) is 5.56 Å². The van der Waals surface area contributed by atoms with Gasteiger partial charge in [0.05, 0.1) is 0 Å². The molecule has 0 aliphatic rings. The van der Waals surface area contributed by atoms with E-state index in [1.54, 1.807) is 6.07 Å². The van der Waals surface area contributed by atoms with Gasteiger partial charge in [0.1, 0.15) is 11.5 Å². The van der Waals surface area contributed by atoms with Gasteiger partial charge in [0, 0.05) is 18.3 Å². The van der Waals surface area contributed by atoms with Crippen LogP contribution in [0.2, 0.25) is 0 Å². The molecule has 1 heterocycles. The van der Waals surface area contributed by atoms with Crippen molar-refractivity contribution in [2.75, 3.05) is 18.9 Å². The maximum Gasteiger partial charge on any atom is 0.275 e. The minimum atomic E-state index is -0.208. The van der Waals surface area contributed by atoms with Gasteiger partial charge in [-0.15, -0.1) is 0 Å². The van der Waals surface area contributed by atoms with Crippen molar-refractivity contribution in [2.24, 2.45) is 4.99 Å². The Hall–Kier alpha value is -2.14. The van der Waals surface area contributed by atoms with E-state index in [4.69, 9.17) is 0 Å². The first-order chi connectivity index (χ1) is 9.92. The number of pyridine rings is 1. The summed E-state index contributed by atoms with van der Waals surface area (Å²) in [6, 6.07) is 3.85. The lowest BCUT2D eigenvalue weighted by atomic mass is 10.2. The maximum absolute atomic E-state index is 12.0. The number of hydrogen-bond acceptors (Lipinski definition) is 4. The van der Waals surface area contributed by atoms with E-state index in [0.29, 0.717) is 17.5 Å². The second-order valence-corrected chi connectivity index (χ2v) is 5.09. The average Bonchev–Trinajstić information content (AvgIpc) is 2.45. The highest BCUT2D eigenvalue weighted by molar-refractivity contribution is 5.94. The number of aliphatic imine (C=N–C) groups is 1. The van der Waals surface area contributed by atoms with Crippen LogP contribution in [0.4, 0.5) is 11.5 Å². The van der Waals surface area contributed by atoms with Gasteiger partial charge < -0.3 is 15.6 Å². The van der Waals surface area contributed by atoms with E-state index in [0.717, 1.165) is 17.8 Å². The van der Waals surface area contributed by atoms with Crippen LogP contribution in [0, 0.1) is 0 Å². The highest BCUT2D eigenvalue weighted by Crippen LogP contribution is 2.08. The van der Waals surface area contributed by atoms with Gasteiger partial charge in [-0.25, -0.2) is 4.99 Å². The first-order valence-electron chi connectivity index (χ1n) is 6.95. The Morgan fingerprint density at radius 1 is 1.43 bits per heavy atom. The van der Waals surface area contributed by atoms with E-state index >= 15 is 0 Å². The number of anilines is 1. The van der Waals surface area contributed by atoms with Gasteiger partial charge in [-0.05, 0) is 46.0 Å². The molecule has 21 heavy (non-hydrogen) atoms. The molecule has 0 aliphatic heterocycles. The normalized spacial score (nSPS) is 13.4.